The maximum absolute atomic E-state index is 4.65. The normalized spacial score (nSPS) is 15.8. The van der Waals surface area contributed by atoms with E-state index in [0.717, 1.165) is 38.2 Å². The zero-order valence-electron chi connectivity index (χ0n) is 14.7. The van der Waals surface area contributed by atoms with E-state index in [4.69, 9.17) is 0 Å². The number of pyridine rings is 1. The first kappa shape index (κ1) is 15.4. The molecule has 4 aromatic rings. The number of nitrogens with one attached hydrogen (secondary N) is 1. The Bertz CT molecular complexity index is 1030. The van der Waals surface area contributed by atoms with Crippen LogP contribution in [0.5, 0.6) is 0 Å². The van der Waals surface area contributed by atoms with E-state index in [-0.39, 0.29) is 0 Å². The molecule has 0 unspecified atom stereocenters. The summed E-state index contributed by atoms with van der Waals surface area (Å²) in [6, 6.07) is 19.2. The van der Waals surface area contributed by atoms with Gasteiger partial charge in [0.05, 0.1) is 5.52 Å². The van der Waals surface area contributed by atoms with Crippen molar-refractivity contribution in [2.45, 2.75) is 6.54 Å². The van der Waals surface area contributed by atoms with Crippen LogP contribution >= 0.6 is 0 Å². The predicted molar refractivity (Wildman–Crippen MR) is 108 cm³/mol. The second kappa shape index (κ2) is 6.46. The van der Waals surface area contributed by atoms with Crippen LogP contribution in [0.4, 0.5) is 5.69 Å². The predicted octanol–water partition coefficient (Wildman–Crippen LogP) is 4.04. The van der Waals surface area contributed by atoms with E-state index in [0.29, 0.717) is 0 Å². The molecule has 0 atom stereocenters. The largest absolute Gasteiger partial charge is 0.369 e. The lowest BCUT2D eigenvalue weighted by molar-refractivity contribution is 0.251. The number of nitrogens with zero attached hydrogens (tertiary/aromatic N) is 3. The molecular formula is C22H22N4. The molecule has 2 aromatic carbocycles. The molecule has 0 radical (unpaired) electrons. The standard InChI is InChI=1S/C22H22N4/c1-2-5-18(6-3-1)26-13-11-25(12-14-26)16-17-15-24-21-9-8-20-19(22(17)21)7-4-10-23-20/h1-10,15,23H,11-14,16H2. The molecule has 1 fully saturated rings. The van der Waals surface area contributed by atoms with Crippen molar-refractivity contribution in [2.75, 3.05) is 31.1 Å². The summed E-state index contributed by atoms with van der Waals surface area (Å²) in [6.45, 7) is 5.28. The number of aromatic amines is 1. The lowest BCUT2D eigenvalue weighted by Gasteiger charge is -2.36. The quantitative estimate of drug-likeness (QED) is 0.610. The van der Waals surface area contributed by atoms with E-state index in [9.17, 15) is 0 Å². The van der Waals surface area contributed by atoms with Gasteiger partial charge >= 0.3 is 0 Å². The number of hydrogen-bond donors (Lipinski definition) is 1. The first-order valence-electron chi connectivity index (χ1n) is 9.24. The van der Waals surface area contributed by atoms with Crippen molar-refractivity contribution in [1.29, 1.82) is 0 Å². The van der Waals surface area contributed by atoms with Crippen LogP contribution in [0.3, 0.4) is 0 Å². The minimum absolute atomic E-state index is 0.965. The molecular weight excluding hydrogens is 320 g/mol. The highest BCUT2D eigenvalue weighted by molar-refractivity contribution is 6.06. The average molecular weight is 342 g/mol. The minimum atomic E-state index is 0.965. The molecule has 0 amide bonds. The number of rotatable bonds is 3. The van der Waals surface area contributed by atoms with Crippen molar-refractivity contribution >= 4 is 27.5 Å². The highest BCUT2D eigenvalue weighted by atomic mass is 15.3. The summed E-state index contributed by atoms with van der Waals surface area (Å²) in [5.74, 6) is 0. The van der Waals surface area contributed by atoms with Crippen LogP contribution in [0.15, 0.2) is 67.0 Å². The van der Waals surface area contributed by atoms with Crippen LogP contribution in [0.25, 0.3) is 21.8 Å². The minimum Gasteiger partial charge on any atom is -0.369 e. The zero-order valence-corrected chi connectivity index (χ0v) is 14.7. The van der Waals surface area contributed by atoms with Gasteiger partial charge in [-0.3, -0.25) is 9.88 Å². The lowest BCUT2D eigenvalue weighted by atomic mass is 10.1. The SMILES string of the molecule is c1ccc(N2CCN(Cc3cnc4ccc5[nH]cccc5c34)CC2)cc1. The van der Waals surface area contributed by atoms with Gasteiger partial charge in [-0.2, -0.15) is 0 Å². The lowest BCUT2D eigenvalue weighted by Crippen LogP contribution is -2.45. The Morgan fingerprint density at radius 1 is 0.885 bits per heavy atom. The summed E-state index contributed by atoms with van der Waals surface area (Å²) in [7, 11) is 0. The summed E-state index contributed by atoms with van der Waals surface area (Å²) in [6.07, 6.45) is 4.04. The Morgan fingerprint density at radius 3 is 2.58 bits per heavy atom. The van der Waals surface area contributed by atoms with E-state index in [1.165, 1.54) is 27.5 Å². The number of piperazine rings is 1. The summed E-state index contributed by atoms with van der Waals surface area (Å²) in [4.78, 5) is 13.0. The monoisotopic (exact) mass is 342 g/mol. The number of aromatic nitrogens is 2. The molecule has 2 aromatic heterocycles. The Kier molecular flexibility index (Phi) is 3.83. The van der Waals surface area contributed by atoms with Gasteiger partial charge in [0.15, 0.2) is 0 Å². The first-order chi connectivity index (χ1) is 12.9. The molecule has 26 heavy (non-hydrogen) atoms. The van der Waals surface area contributed by atoms with Gasteiger partial charge in [-0.15, -0.1) is 0 Å². The summed E-state index contributed by atoms with van der Waals surface area (Å²) in [5, 5.41) is 2.56. The van der Waals surface area contributed by atoms with Crippen molar-refractivity contribution in [2.24, 2.45) is 0 Å². The third kappa shape index (κ3) is 2.72. The summed E-state index contributed by atoms with van der Waals surface area (Å²) in [5.41, 5.74) is 4.92. The van der Waals surface area contributed by atoms with Crippen LogP contribution < -0.4 is 4.90 Å². The molecule has 1 N–H and O–H groups in total. The number of hydrogen-bond acceptors (Lipinski definition) is 3. The highest BCUT2D eigenvalue weighted by Crippen LogP contribution is 2.28. The van der Waals surface area contributed by atoms with Gasteiger partial charge in [-0.05, 0) is 35.9 Å². The molecule has 4 nitrogen and oxygen atoms in total. The number of anilines is 1. The average Bonchev–Trinajstić information content (AvgIpc) is 3.12. The molecule has 1 aliphatic heterocycles. The van der Waals surface area contributed by atoms with E-state index in [1.54, 1.807) is 0 Å². The molecule has 0 spiro atoms. The number of para-hydroxylation sites is 1. The van der Waals surface area contributed by atoms with Crippen LogP contribution in [-0.2, 0) is 6.54 Å². The van der Waals surface area contributed by atoms with Gasteiger partial charge in [0.2, 0.25) is 0 Å². The molecule has 0 bridgehead atoms. The Hall–Kier alpha value is -2.85. The van der Waals surface area contributed by atoms with Gasteiger partial charge in [-0.25, -0.2) is 0 Å². The Morgan fingerprint density at radius 2 is 1.73 bits per heavy atom. The third-order valence-corrected chi connectivity index (χ3v) is 5.39. The topological polar surface area (TPSA) is 35.2 Å². The third-order valence-electron chi connectivity index (χ3n) is 5.39. The van der Waals surface area contributed by atoms with Gasteiger partial charge in [0.1, 0.15) is 0 Å². The molecule has 1 aliphatic rings. The Balaban J connectivity index is 1.37. The van der Waals surface area contributed by atoms with E-state index in [1.807, 2.05) is 6.20 Å². The number of fused-ring (bicyclic) bond motifs is 3. The molecule has 4 heteroatoms. The van der Waals surface area contributed by atoms with E-state index < -0.39 is 0 Å². The van der Waals surface area contributed by atoms with Crippen LogP contribution in [0.2, 0.25) is 0 Å². The molecule has 1 saturated heterocycles. The second-order valence-electron chi connectivity index (χ2n) is 6.97. The van der Waals surface area contributed by atoms with E-state index >= 15 is 0 Å². The van der Waals surface area contributed by atoms with Crippen molar-refractivity contribution in [3.05, 3.63) is 72.6 Å². The zero-order chi connectivity index (χ0) is 17.3. The van der Waals surface area contributed by atoms with Gasteiger partial charge < -0.3 is 9.88 Å². The maximum atomic E-state index is 4.65. The fourth-order valence-corrected chi connectivity index (χ4v) is 4.01. The maximum Gasteiger partial charge on any atom is 0.0713 e. The molecule has 3 heterocycles. The summed E-state index contributed by atoms with van der Waals surface area (Å²) >= 11 is 0. The van der Waals surface area contributed by atoms with Crippen molar-refractivity contribution in [3.63, 3.8) is 0 Å². The second-order valence-corrected chi connectivity index (χ2v) is 6.97. The molecule has 130 valence electrons. The van der Waals surface area contributed by atoms with Crippen LogP contribution in [-0.4, -0.2) is 41.0 Å². The van der Waals surface area contributed by atoms with Crippen LogP contribution in [0, 0.1) is 0 Å². The van der Waals surface area contributed by atoms with Crippen molar-refractivity contribution < 1.29 is 0 Å². The Labute approximate surface area is 153 Å². The molecule has 5 rings (SSSR count). The smallest absolute Gasteiger partial charge is 0.0713 e. The highest BCUT2D eigenvalue weighted by Gasteiger charge is 2.19. The van der Waals surface area contributed by atoms with Gasteiger partial charge in [0.25, 0.3) is 0 Å². The fraction of sp³-hybridized carbons (Fsp3) is 0.227. The van der Waals surface area contributed by atoms with Gasteiger partial charge in [-0.1, -0.05) is 24.3 Å². The van der Waals surface area contributed by atoms with Crippen molar-refractivity contribution in [1.82, 2.24) is 14.9 Å². The van der Waals surface area contributed by atoms with E-state index in [2.05, 4.69) is 80.6 Å². The van der Waals surface area contributed by atoms with Gasteiger partial charge in [0, 0.05) is 67.1 Å². The summed E-state index contributed by atoms with van der Waals surface area (Å²) < 4.78 is 0. The first-order valence-corrected chi connectivity index (χ1v) is 9.24. The molecule has 0 saturated carbocycles. The fourth-order valence-electron chi connectivity index (χ4n) is 4.01. The molecule has 0 aliphatic carbocycles. The number of H-pyrrole nitrogens is 1. The number of benzene rings is 2. The van der Waals surface area contributed by atoms with Crippen LogP contribution in [0.1, 0.15) is 5.56 Å². The van der Waals surface area contributed by atoms with Crippen molar-refractivity contribution in [3.8, 4) is 0 Å².